The molecule has 31 heavy (non-hydrogen) atoms. The molecule has 0 atom stereocenters. The van der Waals surface area contributed by atoms with Gasteiger partial charge in [-0.3, -0.25) is 9.59 Å². The van der Waals surface area contributed by atoms with Crippen LogP contribution in [0.1, 0.15) is 23.6 Å². The summed E-state index contributed by atoms with van der Waals surface area (Å²) < 4.78 is 5.49. The van der Waals surface area contributed by atoms with E-state index in [-0.39, 0.29) is 17.5 Å². The molecule has 0 fully saturated rings. The SMILES string of the molecule is CCOc1ccc(NC2=C(c3ccccc3)C(=O)N(c3cc(C)cc(C)c3)C2=O)cc1. The zero-order valence-corrected chi connectivity index (χ0v) is 17.8. The third-order valence-corrected chi connectivity index (χ3v) is 5.05. The van der Waals surface area contributed by atoms with E-state index in [0.717, 1.165) is 16.9 Å². The van der Waals surface area contributed by atoms with Crippen molar-refractivity contribution in [2.75, 3.05) is 16.8 Å². The smallest absolute Gasteiger partial charge is 0.282 e. The van der Waals surface area contributed by atoms with E-state index in [1.54, 1.807) is 0 Å². The summed E-state index contributed by atoms with van der Waals surface area (Å²) in [7, 11) is 0. The van der Waals surface area contributed by atoms with Gasteiger partial charge in [-0.15, -0.1) is 0 Å². The molecule has 1 heterocycles. The molecule has 156 valence electrons. The Hall–Kier alpha value is -3.86. The summed E-state index contributed by atoms with van der Waals surface area (Å²) in [5.74, 6) is 0.0355. The molecule has 1 aliphatic heterocycles. The Morgan fingerprint density at radius 3 is 2.10 bits per heavy atom. The van der Waals surface area contributed by atoms with E-state index in [1.165, 1.54) is 4.90 Å². The highest BCUT2D eigenvalue weighted by Gasteiger charge is 2.40. The number of benzene rings is 3. The first-order chi connectivity index (χ1) is 15.0. The molecule has 1 N–H and O–H groups in total. The molecule has 5 nitrogen and oxygen atoms in total. The fraction of sp³-hybridized carbons (Fsp3) is 0.154. The second kappa shape index (κ2) is 8.48. The lowest BCUT2D eigenvalue weighted by Gasteiger charge is -2.17. The first kappa shape index (κ1) is 20.4. The monoisotopic (exact) mass is 412 g/mol. The second-order valence-electron chi connectivity index (χ2n) is 7.49. The predicted octanol–water partition coefficient (Wildman–Crippen LogP) is 5.10. The molecule has 1 aliphatic rings. The number of carbonyl (C=O) groups excluding carboxylic acids is 2. The van der Waals surface area contributed by atoms with Crippen molar-refractivity contribution in [1.82, 2.24) is 0 Å². The molecule has 5 heteroatoms. The third kappa shape index (κ3) is 4.08. The van der Waals surface area contributed by atoms with Crippen LogP contribution in [0.15, 0.2) is 78.5 Å². The van der Waals surface area contributed by atoms with E-state index in [0.29, 0.717) is 29.1 Å². The molecule has 3 aromatic carbocycles. The molecule has 0 spiro atoms. The largest absolute Gasteiger partial charge is 0.494 e. The average molecular weight is 412 g/mol. The highest BCUT2D eigenvalue weighted by molar-refractivity contribution is 6.46. The van der Waals surface area contributed by atoms with Gasteiger partial charge in [0.05, 0.1) is 17.9 Å². The number of aryl methyl sites for hydroxylation is 2. The summed E-state index contributed by atoms with van der Waals surface area (Å²) in [6, 6.07) is 22.3. The number of amides is 2. The van der Waals surface area contributed by atoms with Crippen molar-refractivity contribution in [2.45, 2.75) is 20.8 Å². The predicted molar refractivity (Wildman–Crippen MR) is 123 cm³/mol. The van der Waals surface area contributed by atoms with Crippen molar-refractivity contribution >= 4 is 28.8 Å². The van der Waals surface area contributed by atoms with Gasteiger partial charge in [-0.05, 0) is 73.9 Å². The number of anilines is 2. The van der Waals surface area contributed by atoms with Gasteiger partial charge in [-0.2, -0.15) is 0 Å². The number of imide groups is 1. The van der Waals surface area contributed by atoms with Gasteiger partial charge in [-0.1, -0.05) is 36.4 Å². The molecule has 3 aromatic rings. The first-order valence-corrected chi connectivity index (χ1v) is 10.2. The van der Waals surface area contributed by atoms with Crippen molar-refractivity contribution in [2.24, 2.45) is 0 Å². The molecular formula is C26H24N2O3. The molecule has 0 bridgehead atoms. The van der Waals surface area contributed by atoms with Gasteiger partial charge in [0.25, 0.3) is 11.8 Å². The van der Waals surface area contributed by atoms with Gasteiger partial charge in [0.1, 0.15) is 11.4 Å². The van der Waals surface area contributed by atoms with E-state index in [2.05, 4.69) is 5.32 Å². The second-order valence-corrected chi connectivity index (χ2v) is 7.49. The summed E-state index contributed by atoms with van der Waals surface area (Å²) in [4.78, 5) is 28.2. The molecule has 0 aromatic heterocycles. The molecule has 0 radical (unpaired) electrons. The molecule has 2 amide bonds. The van der Waals surface area contributed by atoms with E-state index in [9.17, 15) is 9.59 Å². The zero-order chi connectivity index (χ0) is 22.0. The maximum Gasteiger partial charge on any atom is 0.282 e. The maximum absolute atomic E-state index is 13.5. The van der Waals surface area contributed by atoms with Gasteiger partial charge in [-0.25, -0.2) is 4.90 Å². The van der Waals surface area contributed by atoms with Crippen molar-refractivity contribution < 1.29 is 14.3 Å². The van der Waals surface area contributed by atoms with Crippen LogP contribution < -0.4 is 15.0 Å². The fourth-order valence-corrected chi connectivity index (χ4v) is 3.78. The van der Waals surface area contributed by atoms with Crippen LogP contribution in [0.4, 0.5) is 11.4 Å². The van der Waals surface area contributed by atoms with Crippen LogP contribution in [0.2, 0.25) is 0 Å². The molecule has 4 rings (SSSR count). The van der Waals surface area contributed by atoms with E-state index in [4.69, 9.17) is 4.74 Å². The third-order valence-electron chi connectivity index (χ3n) is 5.05. The molecule has 0 unspecified atom stereocenters. The van der Waals surface area contributed by atoms with Crippen LogP contribution in [-0.2, 0) is 9.59 Å². The summed E-state index contributed by atoms with van der Waals surface area (Å²) in [5.41, 5.74) is 4.58. The normalized spacial score (nSPS) is 13.7. The molecule has 0 saturated heterocycles. The van der Waals surface area contributed by atoms with E-state index in [1.807, 2.05) is 93.6 Å². The van der Waals surface area contributed by atoms with Crippen molar-refractivity contribution in [3.63, 3.8) is 0 Å². The minimum Gasteiger partial charge on any atom is -0.494 e. The van der Waals surface area contributed by atoms with Crippen LogP contribution >= 0.6 is 0 Å². The zero-order valence-electron chi connectivity index (χ0n) is 17.8. The standard InChI is InChI=1S/C26H24N2O3/c1-4-31-22-12-10-20(11-13-22)27-24-23(19-8-6-5-7-9-19)25(29)28(26(24)30)21-15-17(2)14-18(3)16-21/h5-16,27H,4H2,1-3H3. The van der Waals surface area contributed by atoms with Gasteiger partial charge in [0.2, 0.25) is 0 Å². The highest BCUT2D eigenvalue weighted by Crippen LogP contribution is 2.34. The van der Waals surface area contributed by atoms with E-state index >= 15 is 0 Å². The quantitative estimate of drug-likeness (QED) is 0.573. The summed E-state index contributed by atoms with van der Waals surface area (Å²) in [6.45, 7) is 6.40. The summed E-state index contributed by atoms with van der Waals surface area (Å²) >= 11 is 0. The lowest BCUT2D eigenvalue weighted by Crippen LogP contribution is -2.32. The Bertz CT molecular complexity index is 1140. The number of carbonyl (C=O) groups is 2. The number of hydrogen-bond donors (Lipinski definition) is 1. The lowest BCUT2D eigenvalue weighted by atomic mass is 10.0. The van der Waals surface area contributed by atoms with Crippen molar-refractivity contribution in [1.29, 1.82) is 0 Å². The topological polar surface area (TPSA) is 58.6 Å². The Balaban J connectivity index is 1.77. The minimum atomic E-state index is -0.372. The van der Waals surface area contributed by atoms with Crippen LogP contribution in [0.3, 0.4) is 0 Å². The number of rotatable bonds is 6. The van der Waals surface area contributed by atoms with Crippen LogP contribution in [0.5, 0.6) is 5.75 Å². The van der Waals surface area contributed by atoms with Crippen LogP contribution in [0.25, 0.3) is 5.57 Å². The Kier molecular flexibility index (Phi) is 5.58. The minimum absolute atomic E-state index is 0.263. The maximum atomic E-state index is 13.5. The number of nitrogens with one attached hydrogen (secondary N) is 1. The van der Waals surface area contributed by atoms with Gasteiger partial charge in [0.15, 0.2) is 0 Å². The highest BCUT2D eigenvalue weighted by atomic mass is 16.5. The number of hydrogen-bond acceptors (Lipinski definition) is 4. The summed E-state index contributed by atoms with van der Waals surface area (Å²) in [6.07, 6.45) is 0. The van der Waals surface area contributed by atoms with Gasteiger partial charge < -0.3 is 10.1 Å². The van der Waals surface area contributed by atoms with Crippen LogP contribution in [-0.4, -0.2) is 18.4 Å². The lowest BCUT2D eigenvalue weighted by molar-refractivity contribution is -0.120. The fourth-order valence-electron chi connectivity index (χ4n) is 3.78. The molecule has 0 saturated carbocycles. The first-order valence-electron chi connectivity index (χ1n) is 10.2. The van der Waals surface area contributed by atoms with Crippen molar-refractivity contribution in [3.05, 3.63) is 95.2 Å². The molecule has 0 aliphatic carbocycles. The van der Waals surface area contributed by atoms with Crippen LogP contribution in [0, 0.1) is 13.8 Å². The van der Waals surface area contributed by atoms with Gasteiger partial charge in [0, 0.05) is 5.69 Å². The Morgan fingerprint density at radius 1 is 0.839 bits per heavy atom. The molecular weight excluding hydrogens is 388 g/mol. The average Bonchev–Trinajstić information content (AvgIpc) is 2.99. The van der Waals surface area contributed by atoms with Gasteiger partial charge >= 0.3 is 0 Å². The van der Waals surface area contributed by atoms with E-state index < -0.39 is 0 Å². The Labute approximate surface area is 182 Å². The number of nitrogens with zero attached hydrogens (tertiary/aromatic N) is 1. The number of ether oxygens (including phenoxy) is 1. The van der Waals surface area contributed by atoms with Crippen molar-refractivity contribution in [3.8, 4) is 5.75 Å². The Morgan fingerprint density at radius 2 is 1.48 bits per heavy atom. The summed E-state index contributed by atoms with van der Waals surface area (Å²) in [5, 5.41) is 3.18.